The van der Waals surface area contributed by atoms with Gasteiger partial charge in [-0.25, -0.2) is 0 Å². The first-order valence-electron chi connectivity index (χ1n) is 9.44. The summed E-state index contributed by atoms with van der Waals surface area (Å²) in [7, 11) is 0. The minimum absolute atomic E-state index is 0.354. The summed E-state index contributed by atoms with van der Waals surface area (Å²) in [6.45, 7) is 9.31. The summed E-state index contributed by atoms with van der Waals surface area (Å²) in [4.78, 5) is 2.54. The summed E-state index contributed by atoms with van der Waals surface area (Å²) in [5.41, 5.74) is 1.41. The first-order valence-corrected chi connectivity index (χ1v) is 9.44. The number of rotatable bonds is 6. The fourth-order valence-electron chi connectivity index (χ4n) is 4.04. The van der Waals surface area contributed by atoms with E-state index in [0.717, 1.165) is 52.1 Å². The van der Waals surface area contributed by atoms with Crippen LogP contribution in [0.5, 0.6) is 0 Å². The van der Waals surface area contributed by atoms with E-state index in [2.05, 4.69) is 54.4 Å². The Morgan fingerprint density at radius 1 is 1.08 bits per heavy atom. The first-order chi connectivity index (χ1) is 11.7. The smallest absolute Gasteiger partial charge is 0.0594 e. The number of hydrogen-bond acceptors (Lipinski definition) is 4. The number of hydrogen-bond donors (Lipinski definition) is 1. The molecule has 2 heterocycles. The quantitative estimate of drug-likeness (QED) is 0.868. The predicted octanol–water partition coefficient (Wildman–Crippen LogP) is 2.48. The van der Waals surface area contributed by atoms with Gasteiger partial charge in [-0.1, -0.05) is 30.3 Å². The molecule has 3 atom stereocenters. The van der Waals surface area contributed by atoms with Crippen LogP contribution in [-0.4, -0.2) is 62.0 Å². The van der Waals surface area contributed by atoms with Crippen molar-refractivity contribution in [3.05, 3.63) is 35.9 Å². The normalized spacial score (nSPS) is 30.2. The largest absolute Gasteiger partial charge is 0.379 e. The average molecular weight is 332 g/mol. The zero-order valence-corrected chi connectivity index (χ0v) is 15.1. The second-order valence-corrected chi connectivity index (χ2v) is 7.39. The molecule has 4 nitrogen and oxygen atoms in total. The fraction of sp³-hybridized carbons (Fsp3) is 0.700. The predicted molar refractivity (Wildman–Crippen MR) is 97.4 cm³/mol. The SMILES string of the molecule is C[C@@H]1CC(N[C@@H](Cc2ccccc2)CN2CCOCC2)C[C@@H](C)O1. The van der Waals surface area contributed by atoms with Crippen molar-refractivity contribution in [2.75, 3.05) is 32.8 Å². The standard InChI is InChI=1S/C20H32N2O2/c1-16-12-19(13-17(2)24-16)21-20(14-18-6-4-3-5-7-18)15-22-8-10-23-11-9-22/h3-7,16-17,19-21H,8-15H2,1-2H3/t16-,17-,20+/m1/s1. The molecule has 0 aliphatic carbocycles. The highest BCUT2D eigenvalue weighted by atomic mass is 16.5. The highest BCUT2D eigenvalue weighted by Crippen LogP contribution is 2.20. The van der Waals surface area contributed by atoms with Crippen LogP contribution < -0.4 is 5.32 Å². The molecular formula is C20H32N2O2. The van der Waals surface area contributed by atoms with E-state index < -0.39 is 0 Å². The highest BCUT2D eigenvalue weighted by molar-refractivity contribution is 5.16. The fourth-order valence-corrected chi connectivity index (χ4v) is 4.04. The van der Waals surface area contributed by atoms with Crippen molar-refractivity contribution in [1.82, 2.24) is 10.2 Å². The minimum Gasteiger partial charge on any atom is -0.379 e. The molecular weight excluding hydrogens is 300 g/mol. The summed E-state index contributed by atoms with van der Waals surface area (Å²) in [5, 5.41) is 3.95. The van der Waals surface area contributed by atoms with Crippen LogP contribution in [0, 0.1) is 0 Å². The van der Waals surface area contributed by atoms with Crippen LogP contribution in [0.3, 0.4) is 0 Å². The Labute approximate surface area is 146 Å². The molecule has 1 N–H and O–H groups in total. The number of benzene rings is 1. The Hall–Kier alpha value is -0.940. The third-order valence-corrected chi connectivity index (χ3v) is 5.08. The van der Waals surface area contributed by atoms with Gasteiger partial charge in [0.1, 0.15) is 0 Å². The molecule has 2 aliphatic heterocycles. The molecule has 0 amide bonds. The number of morpholine rings is 1. The maximum atomic E-state index is 5.90. The highest BCUT2D eigenvalue weighted by Gasteiger charge is 2.27. The molecule has 2 saturated heterocycles. The van der Waals surface area contributed by atoms with E-state index in [1.807, 2.05) is 0 Å². The number of nitrogens with one attached hydrogen (secondary N) is 1. The number of ether oxygens (including phenoxy) is 2. The van der Waals surface area contributed by atoms with Crippen molar-refractivity contribution in [2.24, 2.45) is 0 Å². The maximum Gasteiger partial charge on any atom is 0.0594 e. The molecule has 2 aliphatic rings. The molecule has 2 fully saturated rings. The van der Waals surface area contributed by atoms with Crippen LogP contribution in [0.1, 0.15) is 32.3 Å². The summed E-state index contributed by atoms with van der Waals surface area (Å²) in [6.07, 6.45) is 4.01. The molecule has 1 aromatic carbocycles. The minimum atomic E-state index is 0.354. The summed E-state index contributed by atoms with van der Waals surface area (Å²) in [5.74, 6) is 0. The molecule has 1 aromatic rings. The zero-order chi connectivity index (χ0) is 16.8. The van der Waals surface area contributed by atoms with Crippen LogP contribution in [0.2, 0.25) is 0 Å². The van der Waals surface area contributed by atoms with Gasteiger partial charge in [-0.05, 0) is 38.7 Å². The first kappa shape index (κ1) is 17.9. The van der Waals surface area contributed by atoms with Crippen molar-refractivity contribution < 1.29 is 9.47 Å². The van der Waals surface area contributed by atoms with Crippen molar-refractivity contribution in [1.29, 1.82) is 0 Å². The summed E-state index contributed by atoms with van der Waals surface area (Å²) in [6, 6.07) is 11.9. The molecule has 0 saturated carbocycles. The van der Waals surface area contributed by atoms with Crippen molar-refractivity contribution >= 4 is 0 Å². The van der Waals surface area contributed by atoms with Crippen LogP contribution in [0.25, 0.3) is 0 Å². The lowest BCUT2D eigenvalue weighted by molar-refractivity contribution is -0.0446. The van der Waals surface area contributed by atoms with Gasteiger partial charge in [-0.15, -0.1) is 0 Å². The molecule has 4 heteroatoms. The van der Waals surface area contributed by atoms with E-state index in [4.69, 9.17) is 9.47 Å². The molecule has 0 bridgehead atoms. The van der Waals surface area contributed by atoms with Gasteiger partial charge < -0.3 is 14.8 Å². The van der Waals surface area contributed by atoms with E-state index in [1.165, 1.54) is 5.56 Å². The lowest BCUT2D eigenvalue weighted by atomic mass is 9.97. The van der Waals surface area contributed by atoms with E-state index in [9.17, 15) is 0 Å². The Bertz CT molecular complexity index is 466. The summed E-state index contributed by atoms with van der Waals surface area (Å²) < 4.78 is 11.4. The Morgan fingerprint density at radius 3 is 2.42 bits per heavy atom. The molecule has 0 radical (unpaired) electrons. The Kier molecular flexibility index (Phi) is 6.67. The van der Waals surface area contributed by atoms with Crippen molar-refractivity contribution in [3.63, 3.8) is 0 Å². The second-order valence-electron chi connectivity index (χ2n) is 7.39. The molecule has 24 heavy (non-hydrogen) atoms. The topological polar surface area (TPSA) is 33.7 Å². The number of nitrogens with zero attached hydrogens (tertiary/aromatic N) is 1. The van der Waals surface area contributed by atoms with Crippen LogP contribution in [0.4, 0.5) is 0 Å². The third-order valence-electron chi connectivity index (χ3n) is 5.08. The van der Waals surface area contributed by atoms with Gasteiger partial charge in [0.2, 0.25) is 0 Å². The van der Waals surface area contributed by atoms with Gasteiger partial charge in [-0.2, -0.15) is 0 Å². The third kappa shape index (κ3) is 5.55. The lowest BCUT2D eigenvalue weighted by Gasteiger charge is -2.37. The molecule has 0 unspecified atom stereocenters. The van der Waals surface area contributed by atoms with Gasteiger partial charge >= 0.3 is 0 Å². The van der Waals surface area contributed by atoms with Gasteiger partial charge in [0, 0.05) is 31.7 Å². The monoisotopic (exact) mass is 332 g/mol. The zero-order valence-electron chi connectivity index (χ0n) is 15.1. The van der Waals surface area contributed by atoms with E-state index in [-0.39, 0.29) is 0 Å². The van der Waals surface area contributed by atoms with Crippen molar-refractivity contribution in [3.8, 4) is 0 Å². The average Bonchev–Trinajstić information content (AvgIpc) is 2.55. The Balaban J connectivity index is 1.61. The lowest BCUT2D eigenvalue weighted by Crippen LogP contribution is -2.52. The van der Waals surface area contributed by atoms with Crippen LogP contribution in [0.15, 0.2) is 30.3 Å². The van der Waals surface area contributed by atoms with Gasteiger partial charge in [0.25, 0.3) is 0 Å². The molecule has 0 aromatic heterocycles. The molecule has 0 spiro atoms. The van der Waals surface area contributed by atoms with E-state index >= 15 is 0 Å². The molecule has 3 rings (SSSR count). The van der Waals surface area contributed by atoms with Crippen LogP contribution >= 0.6 is 0 Å². The van der Waals surface area contributed by atoms with E-state index in [1.54, 1.807) is 0 Å². The van der Waals surface area contributed by atoms with E-state index in [0.29, 0.717) is 24.3 Å². The van der Waals surface area contributed by atoms with Crippen LogP contribution in [-0.2, 0) is 15.9 Å². The van der Waals surface area contributed by atoms with Gasteiger partial charge in [0.05, 0.1) is 25.4 Å². The Morgan fingerprint density at radius 2 is 1.75 bits per heavy atom. The maximum absolute atomic E-state index is 5.90. The van der Waals surface area contributed by atoms with Crippen molar-refractivity contribution in [2.45, 2.75) is 57.4 Å². The summed E-state index contributed by atoms with van der Waals surface area (Å²) >= 11 is 0. The van der Waals surface area contributed by atoms with Gasteiger partial charge in [-0.3, -0.25) is 4.90 Å². The second kappa shape index (κ2) is 8.95. The molecule has 134 valence electrons. The van der Waals surface area contributed by atoms with Gasteiger partial charge in [0.15, 0.2) is 0 Å².